The molecule has 2 rings (SSSR count). The fraction of sp³-hybridized carbons (Fsp3) is 0.636. The molecule has 78 valence electrons. The normalized spacial score (nSPS) is 25.0. The highest BCUT2D eigenvalue weighted by atomic mass is 32.1. The third-order valence-electron chi connectivity index (χ3n) is 2.54. The second kappa shape index (κ2) is 3.81. The Morgan fingerprint density at radius 1 is 1.43 bits per heavy atom. The maximum atomic E-state index is 5.95. The van der Waals surface area contributed by atoms with E-state index in [1.165, 1.54) is 12.8 Å². The fourth-order valence-electron chi connectivity index (χ4n) is 1.65. The molecule has 0 radical (unpaired) electrons. The Balaban J connectivity index is 2.05. The molecule has 1 aromatic heterocycles. The zero-order valence-electron chi connectivity index (χ0n) is 8.71. The summed E-state index contributed by atoms with van der Waals surface area (Å²) >= 11 is 1.63. The fourth-order valence-corrected chi connectivity index (χ4v) is 2.32. The second-order valence-corrected chi connectivity index (χ2v) is 4.79. The van der Waals surface area contributed by atoms with E-state index in [1.807, 2.05) is 10.8 Å². The minimum atomic E-state index is -0.121. The first-order valence-corrected chi connectivity index (χ1v) is 6.06. The molecule has 0 amide bonds. The van der Waals surface area contributed by atoms with E-state index in [1.54, 1.807) is 11.3 Å². The monoisotopic (exact) mass is 212 g/mol. The van der Waals surface area contributed by atoms with E-state index in [-0.39, 0.29) is 5.60 Å². The molecule has 1 aromatic rings. The van der Waals surface area contributed by atoms with E-state index < -0.39 is 0 Å². The number of unbranched alkanes of at least 4 members (excludes halogenated alkanes) is 1. The van der Waals surface area contributed by atoms with Crippen LogP contribution in [0.4, 0.5) is 0 Å². The maximum absolute atomic E-state index is 5.95. The lowest BCUT2D eigenvalue weighted by atomic mass is 9.99. The van der Waals surface area contributed by atoms with Crippen molar-refractivity contribution >= 4 is 11.3 Å². The number of hydrogen-bond acceptors (Lipinski definition) is 3. The van der Waals surface area contributed by atoms with E-state index in [0.717, 1.165) is 17.9 Å². The Labute approximate surface area is 88.8 Å². The molecule has 1 aliphatic rings. The van der Waals surface area contributed by atoms with Gasteiger partial charge in [-0.3, -0.25) is 0 Å². The van der Waals surface area contributed by atoms with Gasteiger partial charge in [0.15, 0.2) is 11.5 Å². The Bertz CT molecular complexity index is 308. The van der Waals surface area contributed by atoms with Gasteiger partial charge in [-0.05, 0) is 19.8 Å². The Morgan fingerprint density at radius 2 is 2.21 bits per heavy atom. The molecule has 2 nitrogen and oxygen atoms in total. The van der Waals surface area contributed by atoms with Crippen LogP contribution in [0.15, 0.2) is 10.8 Å². The Morgan fingerprint density at radius 3 is 3.00 bits per heavy atom. The number of thiophene rings is 1. The molecular weight excluding hydrogens is 196 g/mol. The quantitative estimate of drug-likeness (QED) is 0.763. The van der Waals surface area contributed by atoms with Crippen LogP contribution in [-0.2, 0) is 0 Å². The summed E-state index contributed by atoms with van der Waals surface area (Å²) in [5.41, 5.74) is -0.121. The van der Waals surface area contributed by atoms with E-state index in [9.17, 15) is 0 Å². The number of rotatable bonds is 3. The van der Waals surface area contributed by atoms with Crippen molar-refractivity contribution < 1.29 is 9.47 Å². The summed E-state index contributed by atoms with van der Waals surface area (Å²) in [6, 6.07) is 0. The third-order valence-corrected chi connectivity index (χ3v) is 3.24. The van der Waals surface area contributed by atoms with Crippen LogP contribution < -0.4 is 9.47 Å². The number of hydrogen-bond donors (Lipinski definition) is 0. The first-order chi connectivity index (χ1) is 6.73. The molecular formula is C11H16O2S. The molecule has 0 bridgehead atoms. The summed E-state index contributed by atoms with van der Waals surface area (Å²) in [6.45, 7) is 5.00. The molecule has 3 heteroatoms. The maximum Gasteiger partial charge on any atom is 0.172 e. The molecule has 1 aliphatic heterocycles. The summed E-state index contributed by atoms with van der Waals surface area (Å²) < 4.78 is 11.6. The van der Waals surface area contributed by atoms with Gasteiger partial charge in [0.05, 0.1) is 0 Å². The predicted octanol–water partition coefficient (Wildman–Crippen LogP) is 3.47. The predicted molar refractivity (Wildman–Crippen MR) is 58.4 cm³/mol. The molecule has 0 aliphatic carbocycles. The topological polar surface area (TPSA) is 18.5 Å². The number of ether oxygens (including phenoxy) is 2. The van der Waals surface area contributed by atoms with Crippen molar-refractivity contribution in [2.45, 2.75) is 38.7 Å². The minimum absolute atomic E-state index is 0.121. The largest absolute Gasteiger partial charge is 0.485 e. The van der Waals surface area contributed by atoms with Gasteiger partial charge >= 0.3 is 0 Å². The van der Waals surface area contributed by atoms with Gasteiger partial charge in [-0.2, -0.15) is 0 Å². The average molecular weight is 212 g/mol. The summed E-state index contributed by atoms with van der Waals surface area (Å²) in [5.74, 6) is 1.82. The van der Waals surface area contributed by atoms with Gasteiger partial charge in [-0.15, -0.1) is 11.3 Å². The van der Waals surface area contributed by atoms with E-state index >= 15 is 0 Å². The third kappa shape index (κ3) is 1.87. The van der Waals surface area contributed by atoms with Crippen molar-refractivity contribution in [2.24, 2.45) is 0 Å². The van der Waals surface area contributed by atoms with E-state index in [4.69, 9.17) is 9.47 Å². The molecule has 0 saturated heterocycles. The Kier molecular flexibility index (Phi) is 2.68. The molecule has 0 N–H and O–H groups in total. The van der Waals surface area contributed by atoms with Crippen molar-refractivity contribution in [3.05, 3.63) is 10.8 Å². The van der Waals surface area contributed by atoms with Crippen molar-refractivity contribution in [3.8, 4) is 11.5 Å². The van der Waals surface area contributed by atoms with E-state index in [0.29, 0.717) is 6.61 Å². The lowest BCUT2D eigenvalue weighted by molar-refractivity contribution is -0.000755. The van der Waals surface area contributed by atoms with Gasteiger partial charge in [-0.1, -0.05) is 13.3 Å². The van der Waals surface area contributed by atoms with Crippen LogP contribution in [-0.4, -0.2) is 12.2 Å². The van der Waals surface area contributed by atoms with Gasteiger partial charge in [0.1, 0.15) is 12.2 Å². The number of fused-ring (bicyclic) bond motifs is 1. The highest BCUT2D eigenvalue weighted by molar-refractivity contribution is 7.08. The van der Waals surface area contributed by atoms with Crippen LogP contribution in [0.25, 0.3) is 0 Å². The molecule has 0 saturated carbocycles. The molecule has 1 atom stereocenters. The molecule has 0 fully saturated rings. The molecule has 2 heterocycles. The first kappa shape index (κ1) is 9.84. The zero-order chi connectivity index (χ0) is 10.0. The van der Waals surface area contributed by atoms with Crippen molar-refractivity contribution in [1.82, 2.24) is 0 Å². The van der Waals surface area contributed by atoms with Gasteiger partial charge in [-0.25, -0.2) is 0 Å². The highest BCUT2D eigenvalue weighted by Gasteiger charge is 2.32. The summed E-state index contributed by atoms with van der Waals surface area (Å²) in [7, 11) is 0. The molecule has 1 unspecified atom stereocenters. The van der Waals surface area contributed by atoms with Crippen LogP contribution >= 0.6 is 11.3 Å². The van der Waals surface area contributed by atoms with Crippen LogP contribution in [0.5, 0.6) is 11.5 Å². The van der Waals surface area contributed by atoms with Crippen LogP contribution in [0.3, 0.4) is 0 Å². The summed E-state index contributed by atoms with van der Waals surface area (Å²) in [4.78, 5) is 0. The second-order valence-electron chi connectivity index (χ2n) is 4.04. The van der Waals surface area contributed by atoms with Crippen molar-refractivity contribution in [2.75, 3.05) is 6.61 Å². The van der Waals surface area contributed by atoms with E-state index in [2.05, 4.69) is 13.8 Å². The highest BCUT2D eigenvalue weighted by Crippen LogP contribution is 2.39. The van der Waals surface area contributed by atoms with Crippen LogP contribution in [0, 0.1) is 0 Å². The smallest absolute Gasteiger partial charge is 0.172 e. The van der Waals surface area contributed by atoms with Gasteiger partial charge in [0, 0.05) is 10.8 Å². The van der Waals surface area contributed by atoms with Gasteiger partial charge < -0.3 is 9.47 Å². The zero-order valence-corrected chi connectivity index (χ0v) is 9.52. The molecule has 14 heavy (non-hydrogen) atoms. The molecule has 0 aromatic carbocycles. The SMILES string of the molecule is CCCCC1(C)COc2cscc2O1. The first-order valence-electron chi connectivity index (χ1n) is 5.11. The van der Waals surface area contributed by atoms with Gasteiger partial charge in [0.2, 0.25) is 0 Å². The Hall–Kier alpha value is -0.700. The van der Waals surface area contributed by atoms with Crippen LogP contribution in [0.2, 0.25) is 0 Å². The minimum Gasteiger partial charge on any atom is -0.485 e. The van der Waals surface area contributed by atoms with Crippen molar-refractivity contribution in [1.29, 1.82) is 0 Å². The average Bonchev–Trinajstić information content (AvgIpc) is 2.61. The lowest BCUT2D eigenvalue weighted by Gasteiger charge is -2.34. The summed E-state index contributed by atoms with van der Waals surface area (Å²) in [6.07, 6.45) is 3.47. The van der Waals surface area contributed by atoms with Gasteiger partial charge in [0.25, 0.3) is 0 Å². The van der Waals surface area contributed by atoms with Crippen LogP contribution in [0.1, 0.15) is 33.1 Å². The van der Waals surface area contributed by atoms with Crippen molar-refractivity contribution in [3.63, 3.8) is 0 Å². The molecule has 0 spiro atoms. The lowest BCUT2D eigenvalue weighted by Crippen LogP contribution is -2.41. The summed E-state index contributed by atoms with van der Waals surface area (Å²) in [5, 5.41) is 4.01. The standard InChI is InChI=1S/C11H16O2S/c1-3-4-5-11(2)8-12-9-6-14-7-10(9)13-11/h6-7H,3-5,8H2,1-2H3.